The standard InChI is InChI=1S/C14H21F7O2/c1-3-5-7-10(11(22)23-8-6-4-2)9-12(15,16)13(17,18)14(19,20)21/h10H,3-9H2,1-2H3. The van der Waals surface area contributed by atoms with Crippen molar-refractivity contribution in [3.05, 3.63) is 0 Å². The summed E-state index contributed by atoms with van der Waals surface area (Å²) in [5.41, 5.74) is 0. The molecular weight excluding hydrogens is 333 g/mol. The van der Waals surface area contributed by atoms with E-state index in [0.717, 1.165) is 0 Å². The van der Waals surface area contributed by atoms with Gasteiger partial charge in [-0.15, -0.1) is 0 Å². The molecule has 0 bridgehead atoms. The monoisotopic (exact) mass is 354 g/mol. The Labute approximate surface area is 130 Å². The number of alkyl halides is 7. The molecule has 0 aliphatic rings. The van der Waals surface area contributed by atoms with Crippen LogP contribution < -0.4 is 0 Å². The summed E-state index contributed by atoms with van der Waals surface area (Å²) in [6, 6.07) is 0. The molecule has 1 unspecified atom stereocenters. The van der Waals surface area contributed by atoms with Gasteiger partial charge in [0.25, 0.3) is 0 Å². The molecule has 1 atom stereocenters. The van der Waals surface area contributed by atoms with Crippen LogP contribution in [0.15, 0.2) is 0 Å². The fraction of sp³-hybridized carbons (Fsp3) is 0.929. The van der Waals surface area contributed by atoms with Crippen LogP contribution in [-0.2, 0) is 9.53 Å². The van der Waals surface area contributed by atoms with Crippen molar-refractivity contribution in [3.63, 3.8) is 0 Å². The number of halogens is 7. The molecule has 138 valence electrons. The largest absolute Gasteiger partial charge is 0.465 e. The van der Waals surface area contributed by atoms with E-state index in [-0.39, 0.29) is 19.4 Å². The second-order valence-corrected chi connectivity index (χ2v) is 5.34. The van der Waals surface area contributed by atoms with Crippen molar-refractivity contribution in [2.75, 3.05) is 6.61 Å². The van der Waals surface area contributed by atoms with E-state index in [0.29, 0.717) is 19.3 Å². The molecule has 23 heavy (non-hydrogen) atoms. The first-order valence-electron chi connectivity index (χ1n) is 7.39. The Morgan fingerprint density at radius 1 is 0.957 bits per heavy atom. The van der Waals surface area contributed by atoms with Gasteiger partial charge in [0.05, 0.1) is 12.5 Å². The van der Waals surface area contributed by atoms with Crippen LogP contribution in [0.2, 0.25) is 0 Å². The molecule has 0 aromatic rings. The first kappa shape index (κ1) is 22.0. The molecular formula is C14H21F7O2. The lowest BCUT2D eigenvalue weighted by molar-refractivity contribution is -0.357. The summed E-state index contributed by atoms with van der Waals surface area (Å²) in [5.74, 6) is -14.4. The van der Waals surface area contributed by atoms with Gasteiger partial charge in [-0.2, -0.15) is 30.7 Å². The van der Waals surface area contributed by atoms with Gasteiger partial charge in [-0.1, -0.05) is 33.1 Å². The summed E-state index contributed by atoms with van der Waals surface area (Å²) in [6.07, 6.45) is -6.72. The molecule has 9 heteroatoms. The zero-order chi connectivity index (χ0) is 18.3. The normalized spacial score (nSPS) is 14.7. The molecule has 0 heterocycles. The lowest BCUT2D eigenvalue weighted by Gasteiger charge is -2.30. The third-order valence-electron chi connectivity index (χ3n) is 3.30. The minimum Gasteiger partial charge on any atom is -0.465 e. The number of carbonyl (C=O) groups excluding carboxylic acids is 1. The molecule has 0 fully saturated rings. The molecule has 0 saturated carbocycles. The quantitative estimate of drug-likeness (QED) is 0.300. The van der Waals surface area contributed by atoms with Crippen LogP contribution in [0.5, 0.6) is 0 Å². The number of unbranched alkanes of at least 4 members (excludes halogenated alkanes) is 2. The Morgan fingerprint density at radius 3 is 1.91 bits per heavy atom. The Morgan fingerprint density at radius 2 is 1.48 bits per heavy atom. The van der Waals surface area contributed by atoms with E-state index in [1.807, 2.05) is 0 Å². The van der Waals surface area contributed by atoms with Gasteiger partial charge in [-0.05, 0) is 12.8 Å². The maximum atomic E-state index is 13.4. The number of rotatable bonds is 10. The Bertz CT molecular complexity index is 367. The molecule has 0 aromatic carbocycles. The van der Waals surface area contributed by atoms with Crippen molar-refractivity contribution in [1.29, 1.82) is 0 Å². The first-order valence-corrected chi connectivity index (χ1v) is 7.39. The first-order chi connectivity index (χ1) is 10.4. The highest BCUT2D eigenvalue weighted by atomic mass is 19.4. The van der Waals surface area contributed by atoms with Gasteiger partial charge in [-0.25, -0.2) is 0 Å². The maximum Gasteiger partial charge on any atom is 0.459 e. The molecule has 0 radical (unpaired) electrons. The van der Waals surface area contributed by atoms with Crippen LogP contribution in [0.25, 0.3) is 0 Å². The molecule has 0 aliphatic heterocycles. The van der Waals surface area contributed by atoms with E-state index >= 15 is 0 Å². The minimum atomic E-state index is -6.39. The molecule has 0 aliphatic carbocycles. The third-order valence-corrected chi connectivity index (χ3v) is 3.30. The Kier molecular flexibility index (Phi) is 8.34. The maximum absolute atomic E-state index is 13.4. The van der Waals surface area contributed by atoms with E-state index in [4.69, 9.17) is 0 Å². The fourth-order valence-electron chi connectivity index (χ4n) is 1.83. The van der Waals surface area contributed by atoms with Crippen molar-refractivity contribution in [2.24, 2.45) is 5.92 Å². The summed E-state index contributed by atoms with van der Waals surface area (Å²) < 4.78 is 93.9. The van der Waals surface area contributed by atoms with Crippen LogP contribution in [0.4, 0.5) is 30.7 Å². The van der Waals surface area contributed by atoms with Gasteiger partial charge in [-0.3, -0.25) is 4.79 Å². The van der Waals surface area contributed by atoms with Crippen molar-refractivity contribution < 1.29 is 40.3 Å². The zero-order valence-corrected chi connectivity index (χ0v) is 13.0. The average Bonchev–Trinajstić information content (AvgIpc) is 2.42. The second-order valence-electron chi connectivity index (χ2n) is 5.34. The second kappa shape index (κ2) is 8.73. The molecule has 2 nitrogen and oxygen atoms in total. The molecule has 0 amide bonds. The molecule has 0 saturated heterocycles. The topological polar surface area (TPSA) is 26.3 Å². The van der Waals surface area contributed by atoms with E-state index < -0.39 is 36.3 Å². The number of ether oxygens (including phenoxy) is 1. The van der Waals surface area contributed by atoms with Crippen molar-refractivity contribution in [1.82, 2.24) is 0 Å². The van der Waals surface area contributed by atoms with Crippen LogP contribution in [0.1, 0.15) is 52.4 Å². The fourth-order valence-corrected chi connectivity index (χ4v) is 1.83. The van der Waals surface area contributed by atoms with Crippen molar-refractivity contribution >= 4 is 5.97 Å². The summed E-state index contributed by atoms with van der Waals surface area (Å²) in [5, 5.41) is 0. The van der Waals surface area contributed by atoms with Gasteiger partial charge in [0, 0.05) is 6.42 Å². The highest BCUT2D eigenvalue weighted by Crippen LogP contribution is 2.49. The summed E-state index contributed by atoms with van der Waals surface area (Å²) in [7, 11) is 0. The highest BCUT2D eigenvalue weighted by Gasteiger charge is 2.73. The molecule has 0 aromatic heterocycles. The lowest BCUT2D eigenvalue weighted by atomic mass is 9.92. The predicted octanol–water partition coefficient (Wildman–Crippen LogP) is 5.36. The van der Waals surface area contributed by atoms with Crippen LogP contribution in [-0.4, -0.2) is 30.6 Å². The summed E-state index contributed by atoms with van der Waals surface area (Å²) in [6.45, 7) is 3.36. The van der Waals surface area contributed by atoms with E-state index in [9.17, 15) is 35.5 Å². The van der Waals surface area contributed by atoms with Crippen molar-refractivity contribution in [2.45, 2.75) is 70.4 Å². The number of carbonyl (C=O) groups is 1. The number of hydrogen-bond donors (Lipinski definition) is 0. The number of esters is 1. The average molecular weight is 354 g/mol. The van der Waals surface area contributed by atoms with E-state index in [1.54, 1.807) is 13.8 Å². The van der Waals surface area contributed by atoms with Crippen LogP contribution >= 0.6 is 0 Å². The molecule has 0 rings (SSSR count). The summed E-state index contributed by atoms with van der Waals surface area (Å²) in [4.78, 5) is 11.7. The Balaban J connectivity index is 5.09. The number of hydrogen-bond acceptors (Lipinski definition) is 2. The van der Waals surface area contributed by atoms with Gasteiger partial charge in [0.15, 0.2) is 0 Å². The SMILES string of the molecule is CCCCOC(=O)C(CCCC)CC(F)(F)C(F)(F)C(F)(F)F. The van der Waals surface area contributed by atoms with Gasteiger partial charge < -0.3 is 4.74 Å². The van der Waals surface area contributed by atoms with E-state index in [1.165, 1.54) is 0 Å². The van der Waals surface area contributed by atoms with Crippen LogP contribution in [0, 0.1) is 5.92 Å². The van der Waals surface area contributed by atoms with Gasteiger partial charge in [0.2, 0.25) is 0 Å². The Hall–Kier alpha value is -1.02. The van der Waals surface area contributed by atoms with Gasteiger partial charge in [0.1, 0.15) is 0 Å². The van der Waals surface area contributed by atoms with Crippen molar-refractivity contribution in [3.8, 4) is 0 Å². The van der Waals surface area contributed by atoms with E-state index in [2.05, 4.69) is 4.74 Å². The van der Waals surface area contributed by atoms with Gasteiger partial charge >= 0.3 is 24.0 Å². The van der Waals surface area contributed by atoms with Crippen LogP contribution in [0.3, 0.4) is 0 Å². The highest BCUT2D eigenvalue weighted by molar-refractivity contribution is 5.72. The third kappa shape index (κ3) is 6.18. The smallest absolute Gasteiger partial charge is 0.459 e. The lowest BCUT2D eigenvalue weighted by Crippen LogP contribution is -2.53. The summed E-state index contributed by atoms with van der Waals surface area (Å²) >= 11 is 0. The molecule has 0 N–H and O–H groups in total. The predicted molar refractivity (Wildman–Crippen MR) is 69.4 cm³/mol. The zero-order valence-electron chi connectivity index (χ0n) is 13.0. The minimum absolute atomic E-state index is 0.0841. The molecule has 0 spiro atoms.